The standard InChI is InChI=1S/C92H104P4Si5/c1-97(2,89-61-53-85(54-62-89)93(77-37-17-9-18-38-77)78-39-19-10-20-40-78)69-33-73-101(74-34-70-98(3,4)90-63-55-86(56-64-90)94(79-41-21-11-22-42-79)80-43-23-12-24-44-80,75-35-71-99(5,6)91-65-57-87(58-66-91)95(81-45-25-13-26-46-81)82-47-27-14-28-48-82)76-36-72-100(7,8)92-67-59-88(60-68-92)96(83-49-29-15-30-50-83)84-51-31-16-32-52-84/h9-32,37-68H,33-36,69-76H2,1-8H3. The number of hydrogen-bond acceptors (Lipinski definition) is 0. The van der Waals surface area contributed by atoms with Gasteiger partial charge >= 0.3 is 0 Å². The van der Waals surface area contributed by atoms with Crippen LogP contribution in [0.3, 0.4) is 0 Å². The molecule has 0 spiro atoms. The molecule has 12 aromatic rings. The van der Waals surface area contributed by atoms with Gasteiger partial charge in [0.15, 0.2) is 0 Å². The molecule has 0 aliphatic heterocycles. The Morgan fingerprint density at radius 1 is 0.158 bits per heavy atom. The Morgan fingerprint density at radius 3 is 0.426 bits per heavy atom. The van der Waals surface area contributed by atoms with E-state index in [1.807, 2.05) is 0 Å². The Balaban J connectivity index is 0.836. The molecule has 0 aromatic heterocycles. The van der Waals surface area contributed by atoms with Gasteiger partial charge in [-0.3, -0.25) is 0 Å². The molecule has 12 aromatic carbocycles. The van der Waals surface area contributed by atoms with Crippen LogP contribution in [0.15, 0.2) is 340 Å². The summed E-state index contributed by atoms with van der Waals surface area (Å²) < 4.78 is 0. The summed E-state index contributed by atoms with van der Waals surface area (Å²) in [6.45, 7) is 21.5. The highest BCUT2D eigenvalue weighted by atomic mass is 31.1. The fourth-order valence-electron chi connectivity index (χ4n) is 15.6. The summed E-state index contributed by atoms with van der Waals surface area (Å²) in [6, 6.07) is 142. The maximum Gasteiger partial charge on any atom is 0.0806 e. The van der Waals surface area contributed by atoms with Gasteiger partial charge in [0.25, 0.3) is 0 Å². The summed E-state index contributed by atoms with van der Waals surface area (Å²) >= 11 is 0. The van der Waals surface area contributed by atoms with Crippen LogP contribution in [-0.4, -0.2) is 40.4 Å². The van der Waals surface area contributed by atoms with Crippen molar-refractivity contribution in [1.29, 1.82) is 0 Å². The average molecular weight is 1470 g/mol. The zero-order chi connectivity index (χ0) is 70.1. The van der Waals surface area contributed by atoms with Crippen molar-refractivity contribution in [1.82, 2.24) is 0 Å². The van der Waals surface area contributed by atoms with Crippen molar-refractivity contribution in [3.63, 3.8) is 0 Å². The van der Waals surface area contributed by atoms with Crippen molar-refractivity contribution in [2.45, 2.75) is 126 Å². The van der Waals surface area contributed by atoms with Crippen molar-refractivity contribution in [3.8, 4) is 0 Å². The number of hydrogen-bond donors (Lipinski definition) is 0. The first kappa shape index (κ1) is 74.2. The predicted molar refractivity (Wildman–Crippen MR) is 472 cm³/mol. The zero-order valence-corrected chi connectivity index (χ0v) is 69.7. The maximum absolute atomic E-state index is 2.69. The van der Waals surface area contributed by atoms with Crippen LogP contribution in [0.5, 0.6) is 0 Å². The van der Waals surface area contributed by atoms with E-state index in [1.165, 1.54) is 138 Å². The molecule has 9 heteroatoms. The van der Waals surface area contributed by atoms with Gasteiger partial charge in [-0.2, -0.15) is 0 Å². The molecule has 0 N–H and O–H groups in total. The molecule has 0 aliphatic rings. The molecule has 0 nitrogen and oxygen atoms in total. The van der Waals surface area contributed by atoms with Crippen LogP contribution in [-0.2, 0) is 0 Å². The quantitative estimate of drug-likeness (QED) is 0.0291. The second-order valence-electron chi connectivity index (χ2n) is 30.7. The van der Waals surface area contributed by atoms with E-state index in [9.17, 15) is 0 Å². The van der Waals surface area contributed by atoms with E-state index in [0.29, 0.717) is 0 Å². The van der Waals surface area contributed by atoms with E-state index in [2.05, 4.69) is 392 Å². The summed E-state index contributed by atoms with van der Waals surface area (Å²) in [6.07, 6.45) is 5.41. The SMILES string of the molecule is C[Si](C)(CCC[Si](CCC[Si](C)(C)c1ccc(P(c2ccccc2)c2ccccc2)cc1)(CCC[Si](C)(C)c1ccc(P(c2ccccc2)c2ccccc2)cc1)CCC[Si](C)(C)c1ccc(P(c2ccccc2)c2ccccc2)cc1)c1ccc(P(c2ccccc2)c2ccccc2)cc1. The Labute approximate surface area is 617 Å². The van der Waals surface area contributed by atoms with Crippen LogP contribution < -0.4 is 84.4 Å². The van der Waals surface area contributed by atoms with Gasteiger partial charge in [0.1, 0.15) is 0 Å². The average Bonchev–Trinajstić information content (AvgIpc) is 0.823. The third-order valence-corrected chi connectivity index (χ3v) is 51.2. The molecular weight excluding hydrogens is 1370 g/mol. The van der Waals surface area contributed by atoms with Crippen LogP contribution in [0.25, 0.3) is 0 Å². The first-order valence-electron chi connectivity index (χ1n) is 37.1. The Hall–Kier alpha value is -6.56. The van der Waals surface area contributed by atoms with Crippen LogP contribution in [0.1, 0.15) is 25.7 Å². The van der Waals surface area contributed by atoms with Crippen molar-refractivity contribution in [3.05, 3.63) is 340 Å². The number of rotatable bonds is 32. The molecule has 0 bridgehead atoms. The Morgan fingerprint density at radius 2 is 0.287 bits per heavy atom. The molecule has 0 amide bonds. The maximum atomic E-state index is 2.69. The van der Waals surface area contributed by atoms with Crippen molar-refractivity contribution < 1.29 is 0 Å². The lowest BCUT2D eigenvalue weighted by Crippen LogP contribution is -2.45. The molecule has 0 heterocycles. The largest absolute Gasteiger partial charge is 0.0806 e. The molecule has 0 radical (unpaired) electrons. The van der Waals surface area contributed by atoms with Gasteiger partial charge in [-0.25, -0.2) is 0 Å². The van der Waals surface area contributed by atoms with Gasteiger partial charge in [0.05, 0.1) is 40.4 Å². The van der Waals surface area contributed by atoms with E-state index in [1.54, 1.807) is 20.7 Å². The summed E-state index contributed by atoms with van der Waals surface area (Å²) in [5.41, 5.74) is 0. The molecule has 101 heavy (non-hydrogen) atoms. The summed E-state index contributed by atoms with van der Waals surface area (Å²) in [4.78, 5) is 0. The topological polar surface area (TPSA) is 0 Å². The van der Waals surface area contributed by atoms with Gasteiger partial charge in [-0.1, -0.05) is 487 Å². The van der Waals surface area contributed by atoms with Gasteiger partial charge < -0.3 is 0 Å². The van der Waals surface area contributed by atoms with Gasteiger partial charge in [-0.15, -0.1) is 0 Å². The highest BCUT2D eigenvalue weighted by molar-refractivity contribution is 7.81. The van der Waals surface area contributed by atoms with E-state index in [-0.39, 0.29) is 0 Å². The van der Waals surface area contributed by atoms with E-state index in [0.717, 1.165) is 0 Å². The number of benzene rings is 12. The lowest BCUT2D eigenvalue weighted by Gasteiger charge is -2.37. The second-order valence-corrected chi connectivity index (χ2v) is 63.9. The molecule has 0 saturated heterocycles. The Bertz CT molecular complexity index is 3690. The molecule has 0 unspecified atom stereocenters. The molecule has 0 fully saturated rings. The minimum atomic E-state index is -1.89. The molecule has 512 valence electrons. The monoisotopic (exact) mass is 1470 g/mol. The van der Waals surface area contributed by atoms with E-state index >= 15 is 0 Å². The van der Waals surface area contributed by atoms with Crippen LogP contribution in [0.4, 0.5) is 0 Å². The highest BCUT2D eigenvalue weighted by Gasteiger charge is 2.37. The summed E-state index contributed by atoms with van der Waals surface area (Å²) in [5.74, 6) is 0. The van der Waals surface area contributed by atoms with E-state index < -0.39 is 72.1 Å². The van der Waals surface area contributed by atoms with Crippen molar-refractivity contribution in [2.24, 2.45) is 0 Å². The lowest BCUT2D eigenvalue weighted by molar-refractivity contribution is 0.865. The minimum absolute atomic E-state index is 0.644. The first-order valence-corrected chi connectivity index (χ1v) is 58.1. The normalized spacial score (nSPS) is 12.4. The van der Waals surface area contributed by atoms with Gasteiger partial charge in [0, 0.05) is 0 Å². The van der Waals surface area contributed by atoms with Gasteiger partial charge in [-0.05, 0) is 95.3 Å². The minimum Gasteiger partial charge on any atom is -0.0654 e. The molecule has 12 rings (SSSR count). The highest BCUT2D eigenvalue weighted by Crippen LogP contribution is 2.40. The van der Waals surface area contributed by atoms with Gasteiger partial charge in [0.2, 0.25) is 0 Å². The van der Waals surface area contributed by atoms with Crippen LogP contribution in [0.2, 0.25) is 101 Å². The smallest absolute Gasteiger partial charge is 0.0654 e. The lowest BCUT2D eigenvalue weighted by atomic mass is 10.3. The first-order chi connectivity index (χ1) is 49.0. The molecular formula is C92H104P4Si5. The Kier molecular flexibility index (Phi) is 25.6. The fraction of sp³-hybridized carbons (Fsp3) is 0.217. The third kappa shape index (κ3) is 19.3. The molecule has 0 atom stereocenters. The summed E-state index contributed by atoms with van der Waals surface area (Å²) in [7, 11) is -11.8. The van der Waals surface area contributed by atoms with Crippen LogP contribution in [0, 0.1) is 0 Å². The molecule has 0 saturated carbocycles. The predicted octanol–water partition coefficient (Wildman–Crippen LogP) is 18.5. The van der Waals surface area contributed by atoms with Crippen LogP contribution >= 0.6 is 31.7 Å². The van der Waals surface area contributed by atoms with E-state index in [4.69, 9.17) is 0 Å². The zero-order valence-electron chi connectivity index (χ0n) is 61.1. The summed E-state index contributed by atoms with van der Waals surface area (Å²) in [5, 5.41) is 23.6. The second kappa shape index (κ2) is 34.8. The third-order valence-electron chi connectivity index (χ3n) is 21.8. The van der Waals surface area contributed by atoms with Crippen molar-refractivity contribution >= 4 is 156 Å². The van der Waals surface area contributed by atoms with Crippen molar-refractivity contribution in [2.75, 3.05) is 0 Å². The molecule has 0 aliphatic carbocycles. The fourth-order valence-corrected chi connectivity index (χ4v) is 41.0.